The first-order chi connectivity index (χ1) is 17.8. The molecule has 198 valence electrons. The molecule has 0 spiro atoms. The van der Waals surface area contributed by atoms with E-state index in [0.717, 1.165) is 12.0 Å². The van der Waals surface area contributed by atoms with Crippen molar-refractivity contribution in [2.45, 2.75) is 51.9 Å². The molecule has 2 atom stereocenters. The lowest BCUT2D eigenvalue weighted by Crippen LogP contribution is -2.48. The van der Waals surface area contributed by atoms with Crippen molar-refractivity contribution in [2.24, 2.45) is 0 Å². The predicted molar refractivity (Wildman–Crippen MR) is 129 cm³/mol. The number of hydrogen-bond acceptors (Lipinski definition) is 11. The Kier molecular flexibility index (Phi) is 9.54. The summed E-state index contributed by atoms with van der Waals surface area (Å²) in [6, 6.07) is 14.0. The highest BCUT2D eigenvalue weighted by Gasteiger charge is 2.53. The van der Waals surface area contributed by atoms with Crippen LogP contribution in [0.5, 0.6) is 11.5 Å². The van der Waals surface area contributed by atoms with Crippen LogP contribution in [0.2, 0.25) is 0 Å². The molecule has 0 bridgehead atoms. The molecular weight excluding hydrogens is 484 g/mol. The number of benzene rings is 2. The molecule has 0 radical (unpaired) electrons. The zero-order valence-electron chi connectivity index (χ0n) is 20.9. The normalized spacial score (nSPS) is 14.7. The van der Waals surface area contributed by atoms with E-state index in [2.05, 4.69) is 11.4 Å². The fraction of sp³-hybridized carbons (Fsp3) is 0.423. The van der Waals surface area contributed by atoms with E-state index in [1.54, 1.807) is 56.3 Å². The van der Waals surface area contributed by atoms with Crippen LogP contribution in [0, 0.1) is 11.3 Å². The van der Waals surface area contributed by atoms with Crippen molar-refractivity contribution >= 4 is 12.3 Å². The van der Waals surface area contributed by atoms with Crippen molar-refractivity contribution in [1.82, 2.24) is 5.32 Å². The zero-order valence-corrected chi connectivity index (χ0v) is 20.9. The van der Waals surface area contributed by atoms with Crippen molar-refractivity contribution in [2.75, 3.05) is 19.8 Å². The molecule has 0 fully saturated rings. The van der Waals surface area contributed by atoms with Gasteiger partial charge in [0.25, 0.3) is 0 Å². The van der Waals surface area contributed by atoms with E-state index in [0.29, 0.717) is 24.1 Å². The first-order valence-electron chi connectivity index (χ1n) is 11.9. The van der Waals surface area contributed by atoms with Crippen LogP contribution in [0.15, 0.2) is 42.5 Å². The fourth-order valence-electron chi connectivity index (χ4n) is 3.59. The Morgan fingerprint density at radius 1 is 1.03 bits per heavy atom. The Morgan fingerprint density at radius 2 is 1.70 bits per heavy atom. The van der Waals surface area contributed by atoms with Gasteiger partial charge in [-0.3, -0.25) is 0 Å². The topological polar surface area (TPSA) is 146 Å². The zero-order chi connectivity index (χ0) is 26.8. The summed E-state index contributed by atoms with van der Waals surface area (Å²) in [4.78, 5) is 23.9. The van der Waals surface area contributed by atoms with Gasteiger partial charge in [0, 0.05) is 12.6 Å². The third-order valence-corrected chi connectivity index (χ3v) is 5.39. The molecule has 11 nitrogen and oxygen atoms in total. The van der Waals surface area contributed by atoms with Crippen LogP contribution in [0.3, 0.4) is 0 Å². The van der Waals surface area contributed by atoms with Gasteiger partial charge in [0.2, 0.25) is 0 Å². The minimum Gasteiger partial charge on any atom is -0.434 e. The Bertz CT molecular complexity index is 1110. The predicted octanol–water partition coefficient (Wildman–Crippen LogP) is 3.93. The van der Waals surface area contributed by atoms with Crippen LogP contribution in [-0.2, 0) is 25.4 Å². The summed E-state index contributed by atoms with van der Waals surface area (Å²) in [5, 5.41) is 23.0. The van der Waals surface area contributed by atoms with Gasteiger partial charge in [-0.1, -0.05) is 25.1 Å². The SMILES string of the molecule is CCOC(=O)OC1(OC(=O)OCC)Oc2ccc(CC(CC)NCC(O)c3cccc(C#N)c3)cc2O1. The molecule has 2 aromatic carbocycles. The summed E-state index contributed by atoms with van der Waals surface area (Å²) in [6.45, 7) is 5.52. The molecule has 2 aromatic rings. The highest BCUT2D eigenvalue weighted by atomic mass is 17.1. The number of ether oxygens (including phenoxy) is 6. The molecule has 0 amide bonds. The molecule has 3 rings (SSSR count). The van der Waals surface area contributed by atoms with E-state index in [1.807, 2.05) is 6.92 Å². The first kappa shape index (κ1) is 27.6. The maximum Gasteiger partial charge on any atom is 0.620 e. The van der Waals surface area contributed by atoms with Crippen molar-refractivity contribution in [3.05, 3.63) is 59.2 Å². The van der Waals surface area contributed by atoms with Gasteiger partial charge in [0.1, 0.15) is 0 Å². The maximum absolute atomic E-state index is 11.9. The van der Waals surface area contributed by atoms with Crippen molar-refractivity contribution in [3.8, 4) is 17.6 Å². The van der Waals surface area contributed by atoms with Crippen LogP contribution < -0.4 is 14.8 Å². The quantitative estimate of drug-likeness (QED) is 0.332. The Balaban J connectivity index is 1.67. The highest BCUT2D eigenvalue weighted by Crippen LogP contribution is 2.41. The van der Waals surface area contributed by atoms with Gasteiger partial charge in [0.15, 0.2) is 11.5 Å². The minimum atomic E-state index is -2.52. The molecule has 1 aliphatic heterocycles. The molecule has 0 saturated carbocycles. The van der Waals surface area contributed by atoms with Gasteiger partial charge in [-0.05, 0) is 62.1 Å². The molecule has 1 aliphatic rings. The number of rotatable bonds is 11. The number of aliphatic hydroxyl groups is 1. The molecule has 37 heavy (non-hydrogen) atoms. The van der Waals surface area contributed by atoms with Gasteiger partial charge >= 0.3 is 18.5 Å². The maximum atomic E-state index is 11.9. The Hall–Kier alpha value is -4.01. The molecule has 0 aromatic heterocycles. The summed E-state index contributed by atoms with van der Waals surface area (Å²) in [5.74, 6) is 0.375. The van der Waals surface area contributed by atoms with Crippen LogP contribution in [0.1, 0.15) is 50.0 Å². The molecule has 1 heterocycles. The molecule has 0 saturated heterocycles. The number of carbonyl (C=O) groups excluding carboxylic acids is 2. The third kappa shape index (κ3) is 7.49. The summed E-state index contributed by atoms with van der Waals surface area (Å²) >= 11 is 0. The number of hydrogen-bond donors (Lipinski definition) is 2. The van der Waals surface area contributed by atoms with Crippen molar-refractivity contribution < 1.29 is 43.1 Å². The van der Waals surface area contributed by atoms with Crippen LogP contribution in [-0.4, -0.2) is 49.4 Å². The van der Waals surface area contributed by atoms with Gasteiger partial charge in [-0.2, -0.15) is 5.26 Å². The van der Waals surface area contributed by atoms with E-state index >= 15 is 0 Å². The van der Waals surface area contributed by atoms with Crippen molar-refractivity contribution in [1.29, 1.82) is 5.26 Å². The first-order valence-corrected chi connectivity index (χ1v) is 11.9. The Morgan fingerprint density at radius 3 is 2.32 bits per heavy atom. The number of nitriles is 1. The number of nitrogens with one attached hydrogen (secondary N) is 1. The largest absolute Gasteiger partial charge is 0.620 e. The second-order valence-electron chi connectivity index (χ2n) is 8.03. The average Bonchev–Trinajstić information content (AvgIpc) is 3.22. The van der Waals surface area contributed by atoms with E-state index in [9.17, 15) is 14.7 Å². The number of nitrogens with zero attached hydrogens (tertiary/aromatic N) is 1. The lowest BCUT2D eigenvalue weighted by atomic mass is 10.0. The van der Waals surface area contributed by atoms with Crippen LogP contribution >= 0.6 is 0 Å². The van der Waals surface area contributed by atoms with Gasteiger partial charge < -0.3 is 38.8 Å². The van der Waals surface area contributed by atoms with E-state index < -0.39 is 24.6 Å². The third-order valence-electron chi connectivity index (χ3n) is 5.39. The molecule has 0 aliphatic carbocycles. The lowest BCUT2D eigenvalue weighted by Gasteiger charge is -2.23. The van der Waals surface area contributed by atoms with E-state index in [4.69, 9.17) is 33.7 Å². The fourth-order valence-corrected chi connectivity index (χ4v) is 3.59. The van der Waals surface area contributed by atoms with Crippen molar-refractivity contribution in [3.63, 3.8) is 0 Å². The number of carbonyl (C=O) groups is 2. The lowest BCUT2D eigenvalue weighted by molar-refractivity contribution is -0.384. The monoisotopic (exact) mass is 514 g/mol. The van der Waals surface area contributed by atoms with Crippen LogP contribution in [0.4, 0.5) is 9.59 Å². The summed E-state index contributed by atoms with van der Waals surface area (Å²) in [6.07, 6.45) is -4.28. The van der Waals surface area contributed by atoms with E-state index in [-0.39, 0.29) is 30.8 Å². The summed E-state index contributed by atoms with van der Waals surface area (Å²) in [7, 11) is 0. The summed E-state index contributed by atoms with van der Waals surface area (Å²) in [5.41, 5.74) is 1.99. The smallest absolute Gasteiger partial charge is 0.434 e. The summed E-state index contributed by atoms with van der Waals surface area (Å²) < 4.78 is 30.7. The van der Waals surface area contributed by atoms with Gasteiger partial charge in [-0.25, -0.2) is 9.59 Å². The molecule has 2 N–H and O–H groups in total. The number of fused-ring (bicyclic) bond motifs is 1. The highest BCUT2D eigenvalue weighted by molar-refractivity contribution is 5.63. The second-order valence-corrected chi connectivity index (χ2v) is 8.03. The number of aliphatic hydroxyl groups excluding tert-OH is 1. The molecule has 2 unspecified atom stereocenters. The van der Waals surface area contributed by atoms with Gasteiger partial charge in [-0.15, -0.1) is 0 Å². The van der Waals surface area contributed by atoms with Crippen LogP contribution in [0.25, 0.3) is 0 Å². The second kappa shape index (κ2) is 12.8. The minimum absolute atomic E-state index is 0.00509. The molecule has 11 heteroatoms. The standard InChI is InChI=1S/C26H30N2O9/c1-4-20(28-16-21(29)19-9-7-8-18(12-19)15-27)13-17-10-11-22-23(14-17)35-26(34-22,36-24(30)32-5-2)37-25(31)33-6-3/h7-12,14,20-21,28-29H,4-6,13,16H2,1-3H3. The average molecular weight is 515 g/mol. The Labute approximate surface area is 214 Å². The van der Waals surface area contributed by atoms with Gasteiger partial charge in [0.05, 0.1) is 31.0 Å². The molecular formula is C26H30N2O9. The van der Waals surface area contributed by atoms with E-state index in [1.165, 1.54) is 0 Å².